The molecule has 0 N–H and O–H groups in total. The average Bonchev–Trinajstić information content (AvgIpc) is 3.65. The number of benzene rings is 8. The van der Waals surface area contributed by atoms with E-state index in [9.17, 15) is 0 Å². The van der Waals surface area contributed by atoms with Crippen LogP contribution in [0.25, 0.3) is 76.7 Å². The summed E-state index contributed by atoms with van der Waals surface area (Å²) in [4.78, 5) is 4.84. The molecule has 2 heteroatoms. The summed E-state index contributed by atoms with van der Waals surface area (Å²) in [6, 6.07) is 56.0. The van der Waals surface area contributed by atoms with Gasteiger partial charge in [-0.3, -0.25) is 0 Å². The zero-order valence-corrected chi connectivity index (χ0v) is 27.4. The summed E-state index contributed by atoms with van der Waals surface area (Å²) >= 11 is 0. The summed E-state index contributed by atoms with van der Waals surface area (Å²) in [7, 11) is 0. The first-order valence-corrected chi connectivity index (χ1v) is 17.3. The maximum Gasteiger partial charge on any atom is 0.107 e. The molecule has 232 valence electrons. The van der Waals surface area contributed by atoms with Gasteiger partial charge >= 0.3 is 0 Å². The quantitative estimate of drug-likeness (QED) is 0.168. The lowest BCUT2D eigenvalue weighted by Gasteiger charge is -2.19. The van der Waals surface area contributed by atoms with E-state index in [-0.39, 0.29) is 0 Å². The van der Waals surface area contributed by atoms with Crippen LogP contribution in [0.15, 0.2) is 152 Å². The standard InChI is InChI=1S/C47H34N2/c1-30-48-44-23-10-11-24-45(44)49(30)29-32-14-3-2-13-31(32)25-26-37-35-17-6-8-19-38(35)46(39-20-9-7-18-36(37)39)43-28-27-42-34-16-5-4-15-33(34)40-21-12-22-41(43)47(40)42/h2-24,27-28H,25-26,29H2,1H3. The Morgan fingerprint density at radius 2 is 1.00 bits per heavy atom. The van der Waals surface area contributed by atoms with Crippen LogP contribution in [0, 0.1) is 6.92 Å². The molecule has 10 rings (SSSR count). The molecule has 49 heavy (non-hydrogen) atoms. The molecule has 0 amide bonds. The van der Waals surface area contributed by atoms with Crippen LogP contribution in [-0.2, 0) is 19.4 Å². The maximum absolute atomic E-state index is 4.84. The van der Waals surface area contributed by atoms with E-state index in [1.54, 1.807) is 0 Å². The second-order valence-corrected chi connectivity index (χ2v) is 13.4. The van der Waals surface area contributed by atoms with Crippen molar-refractivity contribution >= 4 is 43.4 Å². The number of aryl methyl sites for hydroxylation is 3. The number of hydrogen-bond acceptors (Lipinski definition) is 1. The SMILES string of the molecule is Cc1nc2ccccc2n1Cc1ccccc1CCc1c2ccccc2c(-c2ccc3c4c(cccc24)-c2ccccc2-3)c2ccccc12. The Labute approximate surface area is 285 Å². The third-order valence-electron chi connectivity index (χ3n) is 10.8. The molecule has 1 aliphatic rings. The van der Waals surface area contributed by atoms with Gasteiger partial charge in [-0.15, -0.1) is 0 Å². The molecule has 0 fully saturated rings. The zero-order valence-electron chi connectivity index (χ0n) is 27.4. The third-order valence-corrected chi connectivity index (χ3v) is 10.8. The fourth-order valence-corrected chi connectivity index (χ4v) is 8.59. The van der Waals surface area contributed by atoms with E-state index < -0.39 is 0 Å². The highest BCUT2D eigenvalue weighted by molar-refractivity contribution is 6.23. The highest BCUT2D eigenvalue weighted by Crippen LogP contribution is 2.51. The van der Waals surface area contributed by atoms with E-state index in [0.29, 0.717) is 0 Å². The zero-order chi connectivity index (χ0) is 32.5. The molecular weight excluding hydrogens is 593 g/mol. The topological polar surface area (TPSA) is 17.8 Å². The second kappa shape index (κ2) is 11.0. The Bertz CT molecular complexity index is 2680. The highest BCUT2D eigenvalue weighted by Gasteiger charge is 2.24. The molecule has 1 aliphatic carbocycles. The molecule has 9 aromatic rings. The van der Waals surface area contributed by atoms with Gasteiger partial charge in [0.2, 0.25) is 0 Å². The summed E-state index contributed by atoms with van der Waals surface area (Å²) < 4.78 is 2.35. The summed E-state index contributed by atoms with van der Waals surface area (Å²) in [6.07, 6.45) is 1.93. The average molecular weight is 627 g/mol. The van der Waals surface area contributed by atoms with Gasteiger partial charge in [-0.2, -0.15) is 0 Å². The van der Waals surface area contributed by atoms with Crippen molar-refractivity contribution in [2.45, 2.75) is 26.3 Å². The van der Waals surface area contributed by atoms with E-state index in [2.05, 4.69) is 163 Å². The summed E-state index contributed by atoms with van der Waals surface area (Å²) in [6.45, 7) is 2.93. The number of rotatable bonds is 6. The first kappa shape index (κ1) is 28.1. The lowest BCUT2D eigenvalue weighted by molar-refractivity contribution is 0.772. The van der Waals surface area contributed by atoms with Gasteiger partial charge in [0.15, 0.2) is 0 Å². The van der Waals surface area contributed by atoms with Gasteiger partial charge in [-0.05, 0) is 114 Å². The first-order valence-electron chi connectivity index (χ1n) is 17.3. The van der Waals surface area contributed by atoms with Crippen LogP contribution in [0.2, 0.25) is 0 Å². The van der Waals surface area contributed by atoms with Gasteiger partial charge in [0.1, 0.15) is 5.82 Å². The molecule has 1 aromatic heterocycles. The van der Waals surface area contributed by atoms with Crippen molar-refractivity contribution < 1.29 is 0 Å². The van der Waals surface area contributed by atoms with Crippen molar-refractivity contribution in [3.63, 3.8) is 0 Å². The molecular formula is C47H34N2. The maximum atomic E-state index is 4.84. The molecule has 0 unspecified atom stereocenters. The van der Waals surface area contributed by atoms with Crippen molar-refractivity contribution in [3.05, 3.63) is 174 Å². The van der Waals surface area contributed by atoms with Crippen LogP contribution >= 0.6 is 0 Å². The minimum atomic E-state index is 0.817. The Kier molecular flexibility index (Phi) is 6.32. The first-order chi connectivity index (χ1) is 24.2. The second-order valence-electron chi connectivity index (χ2n) is 13.4. The summed E-state index contributed by atoms with van der Waals surface area (Å²) in [5.41, 5.74) is 14.4. The Morgan fingerprint density at radius 3 is 1.76 bits per heavy atom. The Morgan fingerprint density at radius 1 is 0.449 bits per heavy atom. The Balaban J connectivity index is 1.11. The number of aromatic nitrogens is 2. The molecule has 0 atom stereocenters. The molecule has 0 spiro atoms. The van der Waals surface area contributed by atoms with Gasteiger partial charge in [-0.25, -0.2) is 4.98 Å². The van der Waals surface area contributed by atoms with E-state index >= 15 is 0 Å². The lowest BCUT2D eigenvalue weighted by atomic mass is 9.84. The number of imidazole rings is 1. The fourth-order valence-electron chi connectivity index (χ4n) is 8.59. The van der Waals surface area contributed by atoms with Crippen molar-refractivity contribution in [1.29, 1.82) is 0 Å². The van der Waals surface area contributed by atoms with E-state index in [1.807, 2.05) is 0 Å². The third kappa shape index (κ3) is 4.30. The van der Waals surface area contributed by atoms with Crippen LogP contribution in [0.5, 0.6) is 0 Å². The normalized spacial score (nSPS) is 12.0. The van der Waals surface area contributed by atoms with E-state index in [0.717, 1.165) is 30.7 Å². The number of para-hydroxylation sites is 2. The van der Waals surface area contributed by atoms with Crippen molar-refractivity contribution in [2.24, 2.45) is 0 Å². The molecule has 8 aromatic carbocycles. The van der Waals surface area contributed by atoms with Crippen LogP contribution < -0.4 is 0 Å². The summed E-state index contributed by atoms with van der Waals surface area (Å²) in [5, 5.41) is 8.03. The smallest absolute Gasteiger partial charge is 0.107 e. The predicted molar refractivity (Wildman–Crippen MR) is 206 cm³/mol. The van der Waals surface area contributed by atoms with Gasteiger partial charge < -0.3 is 4.57 Å². The van der Waals surface area contributed by atoms with Crippen molar-refractivity contribution in [2.75, 3.05) is 0 Å². The van der Waals surface area contributed by atoms with Crippen LogP contribution in [0.1, 0.15) is 22.5 Å². The molecule has 0 radical (unpaired) electrons. The number of nitrogens with zero attached hydrogens (tertiary/aromatic N) is 2. The largest absolute Gasteiger partial charge is 0.324 e. The molecule has 0 saturated carbocycles. The van der Waals surface area contributed by atoms with Crippen LogP contribution in [-0.4, -0.2) is 9.55 Å². The molecule has 2 nitrogen and oxygen atoms in total. The van der Waals surface area contributed by atoms with Crippen LogP contribution in [0.3, 0.4) is 0 Å². The van der Waals surface area contributed by atoms with Gasteiger partial charge in [0.05, 0.1) is 11.0 Å². The van der Waals surface area contributed by atoms with Crippen molar-refractivity contribution in [3.8, 4) is 33.4 Å². The van der Waals surface area contributed by atoms with Gasteiger partial charge in [-0.1, -0.05) is 140 Å². The minimum absolute atomic E-state index is 0.817. The highest BCUT2D eigenvalue weighted by atomic mass is 15.1. The lowest BCUT2D eigenvalue weighted by Crippen LogP contribution is -2.06. The Hall–Kier alpha value is -5.99. The fraction of sp³-hybridized carbons (Fsp3) is 0.0851. The molecule has 1 heterocycles. The monoisotopic (exact) mass is 626 g/mol. The summed E-state index contributed by atoms with van der Waals surface area (Å²) in [5.74, 6) is 1.05. The van der Waals surface area contributed by atoms with Gasteiger partial charge in [0, 0.05) is 6.54 Å². The van der Waals surface area contributed by atoms with E-state index in [1.165, 1.54) is 87.9 Å². The van der Waals surface area contributed by atoms with Crippen molar-refractivity contribution in [1.82, 2.24) is 9.55 Å². The number of hydrogen-bond donors (Lipinski definition) is 0. The molecule has 0 aliphatic heterocycles. The minimum Gasteiger partial charge on any atom is -0.324 e. The predicted octanol–water partition coefficient (Wildman–Crippen LogP) is 12.0. The molecule has 0 bridgehead atoms. The van der Waals surface area contributed by atoms with Gasteiger partial charge in [0.25, 0.3) is 0 Å². The van der Waals surface area contributed by atoms with E-state index in [4.69, 9.17) is 4.98 Å². The van der Waals surface area contributed by atoms with Crippen LogP contribution in [0.4, 0.5) is 0 Å². The molecule has 0 saturated heterocycles. The number of fused-ring (bicyclic) bond motifs is 6.